The molecule has 3 heteroatoms. The third kappa shape index (κ3) is 1.76. The highest BCUT2D eigenvalue weighted by atomic mass is 14.9. The smallest absolute Gasteiger partial charge is 0.103 e. The van der Waals surface area contributed by atoms with E-state index in [2.05, 4.69) is 46.1 Å². The first kappa shape index (κ1) is 9.90. The summed E-state index contributed by atoms with van der Waals surface area (Å²) >= 11 is 0. The fraction of sp³-hybridized carbons (Fsp3) is 0.0714. The zero-order chi connectivity index (χ0) is 11.8. The van der Waals surface area contributed by atoms with Crippen LogP contribution in [0.15, 0.2) is 42.7 Å². The lowest BCUT2D eigenvalue weighted by molar-refractivity contribution is 1.15. The van der Waals surface area contributed by atoms with Crippen molar-refractivity contribution in [1.29, 1.82) is 0 Å². The van der Waals surface area contributed by atoms with Gasteiger partial charge >= 0.3 is 0 Å². The summed E-state index contributed by atoms with van der Waals surface area (Å²) in [7, 11) is 0. The second kappa shape index (κ2) is 3.63. The summed E-state index contributed by atoms with van der Waals surface area (Å²) in [6.07, 6.45) is 5.90. The van der Waals surface area contributed by atoms with E-state index >= 15 is 0 Å². The van der Waals surface area contributed by atoms with Gasteiger partial charge in [-0.05, 0) is 30.7 Å². The van der Waals surface area contributed by atoms with Gasteiger partial charge in [-0.25, -0.2) is 4.98 Å². The van der Waals surface area contributed by atoms with E-state index in [0.717, 1.165) is 28.5 Å². The van der Waals surface area contributed by atoms with Gasteiger partial charge < -0.3 is 10.3 Å². The van der Waals surface area contributed by atoms with E-state index < -0.39 is 0 Å². The number of rotatable bonds is 1. The molecule has 2 aromatic rings. The number of anilines is 1. The normalized spacial score (nSPS) is 13.4. The topological polar surface area (TPSA) is 40.7 Å². The van der Waals surface area contributed by atoms with E-state index in [-0.39, 0.29) is 0 Å². The number of imidazole rings is 1. The first-order valence-corrected chi connectivity index (χ1v) is 5.52. The molecule has 0 unspecified atom stereocenters. The minimum absolute atomic E-state index is 0.919. The Hall–Kier alpha value is -2.29. The number of benzene rings is 1. The van der Waals surface area contributed by atoms with E-state index in [1.807, 2.05) is 19.2 Å². The number of hydrogen-bond acceptors (Lipinski definition) is 2. The lowest BCUT2D eigenvalue weighted by Crippen LogP contribution is -2.01. The largest absolute Gasteiger partial charge is 0.356 e. The van der Waals surface area contributed by atoms with Crippen LogP contribution in [0, 0.1) is 6.92 Å². The second-order valence-electron chi connectivity index (χ2n) is 4.17. The molecule has 0 saturated heterocycles. The fourth-order valence-electron chi connectivity index (χ4n) is 1.95. The van der Waals surface area contributed by atoms with Gasteiger partial charge in [0.2, 0.25) is 0 Å². The molecule has 0 spiro atoms. The van der Waals surface area contributed by atoms with Gasteiger partial charge in [0.1, 0.15) is 5.82 Å². The summed E-state index contributed by atoms with van der Waals surface area (Å²) in [4.78, 5) is 7.45. The number of H-pyrrole nitrogens is 1. The molecule has 17 heavy (non-hydrogen) atoms. The van der Waals surface area contributed by atoms with Crippen LogP contribution in [-0.2, 0) is 0 Å². The zero-order valence-electron chi connectivity index (χ0n) is 9.62. The summed E-state index contributed by atoms with van der Waals surface area (Å²) in [5.41, 5.74) is 5.37. The molecule has 1 aromatic carbocycles. The number of fused-ring (bicyclic) bond motifs is 1. The van der Waals surface area contributed by atoms with Crippen LogP contribution in [0.25, 0.3) is 17.3 Å². The molecule has 0 amide bonds. The maximum atomic E-state index is 4.21. The SMILES string of the molecule is C=C1C=Cc2cc(-c3cnc(C)[nH]3)ccc2N1. The van der Waals surface area contributed by atoms with E-state index in [0.29, 0.717) is 0 Å². The predicted molar refractivity (Wildman–Crippen MR) is 70.6 cm³/mol. The molecule has 1 aromatic heterocycles. The molecule has 1 aliphatic heterocycles. The number of aryl methyl sites for hydroxylation is 1. The van der Waals surface area contributed by atoms with E-state index in [9.17, 15) is 0 Å². The Balaban J connectivity index is 2.06. The molecule has 0 atom stereocenters. The number of aromatic nitrogens is 2. The van der Waals surface area contributed by atoms with Crippen LogP contribution in [0.4, 0.5) is 5.69 Å². The van der Waals surface area contributed by atoms with E-state index in [1.54, 1.807) is 0 Å². The highest BCUT2D eigenvalue weighted by Gasteiger charge is 2.08. The standard InChI is InChI=1S/C14H13N3/c1-9-3-4-11-7-12(5-6-13(11)16-9)14-8-15-10(2)17-14/h3-8,16H,1H2,2H3,(H,15,17). The fourth-order valence-corrected chi connectivity index (χ4v) is 1.95. The molecule has 1 aliphatic rings. The van der Waals surface area contributed by atoms with Gasteiger partial charge in [-0.15, -0.1) is 0 Å². The van der Waals surface area contributed by atoms with Crippen LogP contribution in [0.2, 0.25) is 0 Å². The Morgan fingerprint density at radius 1 is 1.24 bits per heavy atom. The van der Waals surface area contributed by atoms with Crippen molar-refractivity contribution < 1.29 is 0 Å². The number of nitrogens with one attached hydrogen (secondary N) is 2. The van der Waals surface area contributed by atoms with Crippen molar-refractivity contribution in [3.05, 3.63) is 54.1 Å². The monoisotopic (exact) mass is 223 g/mol. The summed E-state index contributed by atoms with van der Waals surface area (Å²) in [6, 6.07) is 6.28. The molecule has 0 bridgehead atoms. The maximum absolute atomic E-state index is 4.21. The number of aromatic amines is 1. The lowest BCUT2D eigenvalue weighted by Gasteiger charge is -2.15. The van der Waals surface area contributed by atoms with Gasteiger partial charge in [-0.2, -0.15) is 0 Å². The summed E-state index contributed by atoms with van der Waals surface area (Å²) < 4.78 is 0. The van der Waals surface area contributed by atoms with Gasteiger partial charge in [0.15, 0.2) is 0 Å². The Labute approximate surface area is 99.9 Å². The minimum atomic E-state index is 0.919. The summed E-state index contributed by atoms with van der Waals surface area (Å²) in [5, 5.41) is 3.24. The van der Waals surface area contributed by atoms with Gasteiger partial charge in [0.25, 0.3) is 0 Å². The van der Waals surface area contributed by atoms with Crippen LogP contribution in [0.5, 0.6) is 0 Å². The molecule has 3 rings (SSSR count). The zero-order valence-corrected chi connectivity index (χ0v) is 9.62. The van der Waals surface area contributed by atoms with Crippen molar-refractivity contribution in [3.8, 4) is 11.3 Å². The Morgan fingerprint density at radius 3 is 2.88 bits per heavy atom. The van der Waals surface area contributed by atoms with Crippen LogP contribution in [-0.4, -0.2) is 9.97 Å². The molecule has 0 saturated carbocycles. The van der Waals surface area contributed by atoms with Crippen molar-refractivity contribution in [2.24, 2.45) is 0 Å². The van der Waals surface area contributed by atoms with Crippen molar-refractivity contribution >= 4 is 11.8 Å². The predicted octanol–water partition coefficient (Wildman–Crippen LogP) is 3.34. The minimum Gasteiger partial charge on any atom is -0.356 e. The molecular formula is C14H13N3. The average Bonchev–Trinajstić information content (AvgIpc) is 2.75. The third-order valence-corrected chi connectivity index (χ3v) is 2.82. The second-order valence-corrected chi connectivity index (χ2v) is 4.17. The Morgan fingerprint density at radius 2 is 2.12 bits per heavy atom. The Kier molecular flexibility index (Phi) is 2.11. The van der Waals surface area contributed by atoms with Gasteiger partial charge in [0.05, 0.1) is 11.9 Å². The van der Waals surface area contributed by atoms with E-state index in [1.165, 1.54) is 5.56 Å². The van der Waals surface area contributed by atoms with Gasteiger partial charge in [0, 0.05) is 16.9 Å². The van der Waals surface area contributed by atoms with Gasteiger partial charge in [-0.3, -0.25) is 0 Å². The molecule has 3 nitrogen and oxygen atoms in total. The number of allylic oxidation sites excluding steroid dienone is 1. The van der Waals surface area contributed by atoms with Crippen LogP contribution in [0.1, 0.15) is 11.4 Å². The van der Waals surface area contributed by atoms with Gasteiger partial charge in [-0.1, -0.05) is 18.7 Å². The highest BCUT2D eigenvalue weighted by Crippen LogP contribution is 2.28. The average molecular weight is 223 g/mol. The molecule has 0 fully saturated rings. The Bertz CT molecular complexity index is 620. The maximum Gasteiger partial charge on any atom is 0.103 e. The van der Waals surface area contributed by atoms with Crippen molar-refractivity contribution in [2.45, 2.75) is 6.92 Å². The quantitative estimate of drug-likeness (QED) is 0.778. The van der Waals surface area contributed by atoms with Crippen molar-refractivity contribution in [3.63, 3.8) is 0 Å². The van der Waals surface area contributed by atoms with Crippen molar-refractivity contribution in [1.82, 2.24) is 9.97 Å². The molecule has 84 valence electrons. The third-order valence-electron chi connectivity index (χ3n) is 2.82. The molecular weight excluding hydrogens is 210 g/mol. The first-order chi connectivity index (χ1) is 8.22. The van der Waals surface area contributed by atoms with Crippen LogP contribution in [0.3, 0.4) is 0 Å². The molecule has 0 radical (unpaired) electrons. The molecule has 2 heterocycles. The number of nitrogens with zero attached hydrogens (tertiary/aromatic N) is 1. The van der Waals surface area contributed by atoms with Crippen molar-refractivity contribution in [2.75, 3.05) is 5.32 Å². The highest BCUT2D eigenvalue weighted by molar-refractivity contribution is 5.78. The molecule has 2 N–H and O–H groups in total. The van der Waals surface area contributed by atoms with E-state index in [4.69, 9.17) is 0 Å². The van der Waals surface area contributed by atoms with Crippen LogP contribution < -0.4 is 5.32 Å². The van der Waals surface area contributed by atoms with Crippen LogP contribution >= 0.6 is 0 Å². The lowest BCUT2D eigenvalue weighted by atomic mass is 10.0. The summed E-state index contributed by atoms with van der Waals surface area (Å²) in [6.45, 7) is 5.83. The molecule has 0 aliphatic carbocycles. The summed E-state index contributed by atoms with van der Waals surface area (Å²) in [5.74, 6) is 0.930. The number of hydrogen-bond donors (Lipinski definition) is 2. The first-order valence-electron chi connectivity index (χ1n) is 5.52.